The van der Waals surface area contributed by atoms with Crippen molar-refractivity contribution in [3.63, 3.8) is 0 Å². The fourth-order valence-corrected chi connectivity index (χ4v) is 3.80. The third-order valence-corrected chi connectivity index (χ3v) is 5.44. The van der Waals surface area contributed by atoms with Crippen molar-refractivity contribution in [1.29, 1.82) is 0 Å². The monoisotopic (exact) mass is 430 g/mol. The van der Waals surface area contributed by atoms with Crippen LogP contribution in [0.25, 0.3) is 5.76 Å². The summed E-state index contributed by atoms with van der Waals surface area (Å²) < 4.78 is 10.6. The van der Waals surface area contributed by atoms with Gasteiger partial charge in [0.1, 0.15) is 5.76 Å². The summed E-state index contributed by atoms with van der Waals surface area (Å²) in [6.07, 6.45) is 3.17. The Labute approximate surface area is 185 Å². The number of methoxy groups -OCH3 is 2. The van der Waals surface area contributed by atoms with Crippen LogP contribution in [0.15, 0.2) is 72.6 Å². The van der Waals surface area contributed by atoms with E-state index in [-0.39, 0.29) is 11.3 Å². The van der Waals surface area contributed by atoms with Crippen LogP contribution in [-0.2, 0) is 9.59 Å². The van der Waals surface area contributed by atoms with Crippen molar-refractivity contribution in [3.8, 4) is 11.5 Å². The van der Waals surface area contributed by atoms with Gasteiger partial charge in [-0.2, -0.15) is 0 Å². The zero-order chi connectivity index (χ0) is 22.8. The zero-order valence-electron chi connectivity index (χ0n) is 17.9. The molecule has 7 heteroatoms. The lowest BCUT2D eigenvalue weighted by Gasteiger charge is -2.25. The number of benzene rings is 2. The van der Waals surface area contributed by atoms with Gasteiger partial charge in [-0.3, -0.25) is 19.5 Å². The Morgan fingerprint density at radius 2 is 1.59 bits per heavy atom. The van der Waals surface area contributed by atoms with E-state index in [1.54, 1.807) is 54.9 Å². The number of rotatable bonds is 5. The van der Waals surface area contributed by atoms with Crippen LogP contribution in [0, 0.1) is 6.92 Å². The van der Waals surface area contributed by atoms with Crippen LogP contribution in [0.4, 0.5) is 5.69 Å². The second-order valence-corrected chi connectivity index (χ2v) is 7.35. The molecule has 0 spiro atoms. The molecule has 1 saturated heterocycles. The highest BCUT2D eigenvalue weighted by molar-refractivity contribution is 6.51. The van der Waals surface area contributed by atoms with Crippen molar-refractivity contribution >= 4 is 23.1 Å². The van der Waals surface area contributed by atoms with E-state index in [0.29, 0.717) is 28.3 Å². The minimum Gasteiger partial charge on any atom is -0.507 e. The Morgan fingerprint density at radius 3 is 2.22 bits per heavy atom. The Morgan fingerprint density at radius 1 is 0.938 bits per heavy atom. The highest BCUT2D eigenvalue weighted by Crippen LogP contribution is 2.42. The van der Waals surface area contributed by atoms with Gasteiger partial charge < -0.3 is 14.6 Å². The van der Waals surface area contributed by atoms with Crippen LogP contribution < -0.4 is 14.4 Å². The predicted octanol–water partition coefficient (Wildman–Crippen LogP) is 4.03. The predicted molar refractivity (Wildman–Crippen MR) is 120 cm³/mol. The molecule has 1 N–H and O–H groups in total. The average molecular weight is 430 g/mol. The van der Waals surface area contributed by atoms with Gasteiger partial charge >= 0.3 is 0 Å². The Hall–Kier alpha value is -4.13. The summed E-state index contributed by atoms with van der Waals surface area (Å²) in [7, 11) is 2.99. The van der Waals surface area contributed by atoms with E-state index in [1.165, 1.54) is 19.1 Å². The number of hydrogen-bond donors (Lipinski definition) is 1. The third kappa shape index (κ3) is 3.58. The van der Waals surface area contributed by atoms with Gasteiger partial charge in [0.05, 0.1) is 25.8 Å². The highest BCUT2D eigenvalue weighted by Gasteiger charge is 2.47. The number of hydrogen-bond acceptors (Lipinski definition) is 6. The van der Waals surface area contributed by atoms with E-state index in [0.717, 1.165) is 5.56 Å². The lowest BCUT2D eigenvalue weighted by atomic mass is 9.95. The van der Waals surface area contributed by atoms with E-state index in [1.807, 2.05) is 19.1 Å². The summed E-state index contributed by atoms with van der Waals surface area (Å²) in [6, 6.07) is 14.7. The Balaban J connectivity index is 1.92. The van der Waals surface area contributed by atoms with Crippen LogP contribution in [0.1, 0.15) is 22.7 Å². The van der Waals surface area contributed by atoms with Gasteiger partial charge in [-0.25, -0.2) is 0 Å². The van der Waals surface area contributed by atoms with Gasteiger partial charge in [0.2, 0.25) is 0 Å². The van der Waals surface area contributed by atoms with Crippen LogP contribution in [0.3, 0.4) is 0 Å². The van der Waals surface area contributed by atoms with Crippen molar-refractivity contribution in [2.24, 2.45) is 0 Å². The van der Waals surface area contributed by atoms with Crippen LogP contribution >= 0.6 is 0 Å². The van der Waals surface area contributed by atoms with Gasteiger partial charge in [0, 0.05) is 23.6 Å². The maximum atomic E-state index is 13.2. The summed E-state index contributed by atoms with van der Waals surface area (Å²) in [5, 5.41) is 11.2. The molecule has 0 radical (unpaired) electrons. The molecule has 1 aliphatic rings. The summed E-state index contributed by atoms with van der Waals surface area (Å²) in [4.78, 5) is 31.7. The van der Waals surface area contributed by atoms with Crippen molar-refractivity contribution < 1.29 is 24.2 Å². The molecule has 1 aromatic heterocycles. The first-order valence-corrected chi connectivity index (χ1v) is 9.96. The standard InChI is InChI=1S/C25H22N2O5/c1-15-4-7-18(8-5-15)27-22(16-10-12-26-13-11-16)21(24(29)25(27)30)23(28)17-6-9-19(31-2)20(14-17)32-3/h4-14,22,28H,1-3H3/b23-21-. The van der Waals surface area contributed by atoms with Crippen molar-refractivity contribution in [3.05, 3.63) is 89.3 Å². The van der Waals surface area contributed by atoms with Gasteiger partial charge in [-0.1, -0.05) is 17.7 Å². The number of aliphatic hydroxyl groups is 1. The molecule has 7 nitrogen and oxygen atoms in total. The molecule has 1 atom stereocenters. The van der Waals surface area contributed by atoms with Gasteiger partial charge in [0.25, 0.3) is 11.7 Å². The number of aryl methyl sites for hydroxylation is 1. The normalized spacial score (nSPS) is 17.5. The number of ether oxygens (including phenoxy) is 2. The first kappa shape index (κ1) is 21.1. The second-order valence-electron chi connectivity index (χ2n) is 7.35. The SMILES string of the molecule is COc1ccc(/C(O)=C2/C(=O)C(=O)N(c3ccc(C)cc3)C2c2ccncc2)cc1OC. The molecule has 2 aromatic carbocycles. The highest BCUT2D eigenvalue weighted by atomic mass is 16.5. The van der Waals surface area contributed by atoms with Crippen molar-refractivity contribution in [2.45, 2.75) is 13.0 Å². The molecule has 2 heterocycles. The molecular formula is C25H22N2O5. The van der Waals surface area contributed by atoms with E-state index in [9.17, 15) is 14.7 Å². The van der Waals surface area contributed by atoms with Crippen LogP contribution in [0.2, 0.25) is 0 Å². The number of carbonyl (C=O) groups excluding carboxylic acids is 2. The lowest BCUT2D eigenvalue weighted by Crippen LogP contribution is -2.29. The maximum Gasteiger partial charge on any atom is 0.300 e. The summed E-state index contributed by atoms with van der Waals surface area (Å²) in [5.74, 6) is -0.891. The second kappa shape index (κ2) is 8.55. The number of amides is 1. The van der Waals surface area contributed by atoms with E-state index in [4.69, 9.17) is 9.47 Å². The molecule has 32 heavy (non-hydrogen) atoms. The first-order chi connectivity index (χ1) is 15.5. The number of pyridine rings is 1. The van der Waals surface area contributed by atoms with E-state index in [2.05, 4.69) is 4.98 Å². The number of ketones is 1. The van der Waals surface area contributed by atoms with Crippen LogP contribution in [-0.4, -0.2) is 36.0 Å². The summed E-state index contributed by atoms with van der Waals surface area (Å²) >= 11 is 0. The number of aliphatic hydroxyl groups excluding tert-OH is 1. The minimum absolute atomic E-state index is 0.00556. The number of aromatic nitrogens is 1. The molecular weight excluding hydrogens is 408 g/mol. The zero-order valence-corrected chi connectivity index (χ0v) is 17.9. The summed E-state index contributed by atoms with van der Waals surface area (Å²) in [6.45, 7) is 1.94. The Kier molecular flexibility index (Phi) is 5.64. The van der Waals surface area contributed by atoms with Crippen molar-refractivity contribution in [2.75, 3.05) is 19.1 Å². The molecule has 1 unspecified atom stereocenters. The maximum absolute atomic E-state index is 13.2. The molecule has 0 saturated carbocycles. The van der Waals surface area contributed by atoms with Gasteiger partial charge in [0.15, 0.2) is 11.5 Å². The molecule has 0 bridgehead atoms. The average Bonchev–Trinajstić information content (AvgIpc) is 3.09. The third-order valence-electron chi connectivity index (χ3n) is 5.44. The van der Waals surface area contributed by atoms with Gasteiger partial charge in [-0.05, 0) is 55.0 Å². The number of anilines is 1. The molecule has 1 fully saturated rings. The molecule has 162 valence electrons. The van der Waals surface area contributed by atoms with Crippen molar-refractivity contribution in [1.82, 2.24) is 4.98 Å². The van der Waals surface area contributed by atoms with E-state index >= 15 is 0 Å². The fraction of sp³-hybridized carbons (Fsp3) is 0.160. The minimum atomic E-state index is -0.811. The molecule has 3 aromatic rings. The lowest BCUT2D eigenvalue weighted by molar-refractivity contribution is -0.132. The fourth-order valence-electron chi connectivity index (χ4n) is 3.80. The topological polar surface area (TPSA) is 89.0 Å². The van der Waals surface area contributed by atoms with Crippen LogP contribution in [0.5, 0.6) is 11.5 Å². The smallest absolute Gasteiger partial charge is 0.300 e. The molecule has 4 rings (SSSR count). The largest absolute Gasteiger partial charge is 0.507 e. The quantitative estimate of drug-likeness (QED) is 0.373. The summed E-state index contributed by atoms with van der Waals surface area (Å²) in [5.41, 5.74) is 2.57. The number of carbonyl (C=O) groups is 2. The van der Waals surface area contributed by atoms with Gasteiger partial charge in [-0.15, -0.1) is 0 Å². The number of Topliss-reactive ketones (excluding diaryl/α,β-unsaturated/α-hetero) is 1. The molecule has 1 amide bonds. The molecule has 0 aliphatic carbocycles. The first-order valence-electron chi connectivity index (χ1n) is 9.96. The number of nitrogens with zero attached hydrogens (tertiary/aromatic N) is 2. The molecule has 1 aliphatic heterocycles. The Bertz CT molecular complexity index is 1200. The van der Waals surface area contributed by atoms with E-state index < -0.39 is 17.7 Å².